The fourth-order valence-corrected chi connectivity index (χ4v) is 4.30. The molecule has 0 amide bonds. The van der Waals surface area contributed by atoms with Gasteiger partial charge in [0.25, 0.3) is 0 Å². The minimum Gasteiger partial charge on any atom is -0.393 e. The van der Waals surface area contributed by atoms with Crippen molar-refractivity contribution in [3.63, 3.8) is 0 Å². The maximum Gasteiger partial charge on any atom is 0.0580 e. The van der Waals surface area contributed by atoms with Gasteiger partial charge in [0, 0.05) is 12.6 Å². The Morgan fingerprint density at radius 1 is 1.00 bits per heavy atom. The van der Waals surface area contributed by atoms with Crippen molar-refractivity contribution in [1.82, 2.24) is 4.90 Å². The lowest BCUT2D eigenvalue weighted by molar-refractivity contribution is 0.0150. The first-order valence-electron chi connectivity index (χ1n) is 8.96. The van der Waals surface area contributed by atoms with Gasteiger partial charge < -0.3 is 10.0 Å². The highest BCUT2D eigenvalue weighted by Gasteiger charge is 2.32. The van der Waals surface area contributed by atoms with E-state index in [1.165, 1.54) is 51.4 Å². The van der Waals surface area contributed by atoms with Gasteiger partial charge in [-0.05, 0) is 56.9 Å². The first-order chi connectivity index (χ1) is 9.58. The summed E-state index contributed by atoms with van der Waals surface area (Å²) in [5, 5.41) is 10.3. The highest BCUT2D eigenvalue weighted by Crippen LogP contribution is 2.35. The van der Waals surface area contributed by atoms with Crippen LogP contribution < -0.4 is 0 Å². The lowest BCUT2D eigenvalue weighted by Gasteiger charge is -2.39. The van der Waals surface area contributed by atoms with Gasteiger partial charge in [-0.15, -0.1) is 0 Å². The van der Waals surface area contributed by atoms with Crippen LogP contribution in [0.5, 0.6) is 0 Å². The van der Waals surface area contributed by atoms with E-state index in [9.17, 15) is 5.11 Å². The van der Waals surface area contributed by atoms with Crippen molar-refractivity contribution in [2.24, 2.45) is 17.8 Å². The fraction of sp³-hybridized carbons (Fsp3) is 1.00. The van der Waals surface area contributed by atoms with Crippen molar-refractivity contribution >= 4 is 0 Å². The molecule has 0 radical (unpaired) electrons. The van der Waals surface area contributed by atoms with Crippen LogP contribution in [0.25, 0.3) is 0 Å². The standard InChI is InChI=1S/C18H35NO/c1-14(2)15-10-11-18(20)16(12-15)13-19(3)17-8-6-4-5-7-9-17/h14-18,20H,4-13H2,1-3H3. The molecule has 2 saturated carbocycles. The van der Waals surface area contributed by atoms with Crippen LogP contribution in [-0.4, -0.2) is 35.7 Å². The third kappa shape index (κ3) is 4.46. The van der Waals surface area contributed by atoms with Crippen LogP contribution in [0.15, 0.2) is 0 Å². The second kappa shape index (κ2) is 7.79. The fourth-order valence-electron chi connectivity index (χ4n) is 4.30. The number of nitrogens with zero attached hydrogens (tertiary/aromatic N) is 1. The summed E-state index contributed by atoms with van der Waals surface area (Å²) in [5.41, 5.74) is 0. The Hall–Kier alpha value is -0.0800. The van der Waals surface area contributed by atoms with Crippen LogP contribution in [-0.2, 0) is 0 Å². The molecule has 20 heavy (non-hydrogen) atoms. The Balaban J connectivity index is 1.86. The van der Waals surface area contributed by atoms with Crippen LogP contribution >= 0.6 is 0 Å². The minimum atomic E-state index is -0.0572. The van der Waals surface area contributed by atoms with Crippen LogP contribution in [0.1, 0.15) is 71.6 Å². The predicted octanol–water partition coefficient (Wildman–Crippen LogP) is 4.07. The van der Waals surface area contributed by atoms with Crippen LogP contribution in [0.4, 0.5) is 0 Å². The van der Waals surface area contributed by atoms with Gasteiger partial charge in [-0.3, -0.25) is 0 Å². The summed E-state index contributed by atoms with van der Waals surface area (Å²) in [5.74, 6) is 2.10. The van der Waals surface area contributed by atoms with Gasteiger partial charge in [0.2, 0.25) is 0 Å². The molecule has 2 nitrogen and oxygen atoms in total. The molecular weight excluding hydrogens is 246 g/mol. The molecule has 3 atom stereocenters. The predicted molar refractivity (Wildman–Crippen MR) is 85.8 cm³/mol. The van der Waals surface area contributed by atoms with Gasteiger partial charge in [-0.1, -0.05) is 39.5 Å². The van der Waals surface area contributed by atoms with E-state index in [4.69, 9.17) is 0 Å². The molecule has 2 aliphatic rings. The van der Waals surface area contributed by atoms with Crippen molar-refractivity contribution in [1.29, 1.82) is 0 Å². The summed E-state index contributed by atoms with van der Waals surface area (Å²) < 4.78 is 0. The Morgan fingerprint density at radius 3 is 2.25 bits per heavy atom. The number of rotatable bonds is 4. The van der Waals surface area contributed by atoms with E-state index >= 15 is 0 Å². The molecule has 0 spiro atoms. The molecule has 0 aliphatic heterocycles. The molecule has 0 bridgehead atoms. The minimum absolute atomic E-state index is 0.0572. The summed E-state index contributed by atoms with van der Waals surface area (Å²) in [4.78, 5) is 2.57. The highest BCUT2D eigenvalue weighted by atomic mass is 16.3. The van der Waals surface area contributed by atoms with Gasteiger partial charge in [0.1, 0.15) is 0 Å². The molecule has 2 aliphatic carbocycles. The molecular formula is C18H35NO. The van der Waals surface area contributed by atoms with E-state index < -0.39 is 0 Å². The van der Waals surface area contributed by atoms with Gasteiger partial charge >= 0.3 is 0 Å². The zero-order valence-corrected chi connectivity index (χ0v) is 13.9. The van der Waals surface area contributed by atoms with E-state index in [1.54, 1.807) is 0 Å². The van der Waals surface area contributed by atoms with Crippen molar-refractivity contribution in [2.75, 3.05) is 13.6 Å². The Morgan fingerprint density at radius 2 is 1.65 bits per heavy atom. The monoisotopic (exact) mass is 281 g/mol. The zero-order chi connectivity index (χ0) is 14.5. The lowest BCUT2D eigenvalue weighted by atomic mass is 9.74. The van der Waals surface area contributed by atoms with Gasteiger partial charge in [0.15, 0.2) is 0 Å². The van der Waals surface area contributed by atoms with Crippen LogP contribution in [0, 0.1) is 17.8 Å². The first-order valence-corrected chi connectivity index (χ1v) is 8.96. The second-order valence-electron chi connectivity index (χ2n) is 7.73. The second-order valence-corrected chi connectivity index (χ2v) is 7.73. The molecule has 0 aromatic rings. The summed E-state index contributed by atoms with van der Waals surface area (Å²) in [6, 6.07) is 0.768. The number of hydrogen-bond acceptors (Lipinski definition) is 2. The van der Waals surface area contributed by atoms with Crippen LogP contribution in [0.3, 0.4) is 0 Å². The molecule has 0 aromatic heterocycles. The molecule has 2 rings (SSSR count). The van der Waals surface area contributed by atoms with Gasteiger partial charge in [-0.2, -0.15) is 0 Å². The molecule has 118 valence electrons. The van der Waals surface area contributed by atoms with E-state index in [0.717, 1.165) is 30.8 Å². The smallest absolute Gasteiger partial charge is 0.0580 e. The Bertz CT molecular complexity index is 271. The van der Waals surface area contributed by atoms with Crippen molar-refractivity contribution in [3.05, 3.63) is 0 Å². The average molecular weight is 281 g/mol. The third-order valence-corrected chi connectivity index (χ3v) is 5.90. The van der Waals surface area contributed by atoms with E-state index in [1.807, 2.05) is 0 Å². The first kappa shape index (κ1) is 16.3. The molecule has 0 saturated heterocycles. The Labute approximate surface area is 125 Å². The van der Waals surface area contributed by atoms with Crippen molar-refractivity contribution in [2.45, 2.75) is 83.8 Å². The topological polar surface area (TPSA) is 23.5 Å². The Kier molecular flexibility index (Phi) is 6.35. The highest BCUT2D eigenvalue weighted by molar-refractivity contribution is 4.84. The van der Waals surface area contributed by atoms with Gasteiger partial charge in [0.05, 0.1) is 6.10 Å². The number of aliphatic hydroxyl groups is 1. The molecule has 1 N–H and O–H groups in total. The largest absolute Gasteiger partial charge is 0.393 e. The number of hydrogen-bond donors (Lipinski definition) is 1. The van der Waals surface area contributed by atoms with Crippen LogP contribution in [0.2, 0.25) is 0 Å². The van der Waals surface area contributed by atoms with Gasteiger partial charge in [-0.25, -0.2) is 0 Å². The maximum atomic E-state index is 10.3. The molecule has 2 heteroatoms. The molecule has 3 unspecified atom stereocenters. The van der Waals surface area contributed by atoms with Crippen molar-refractivity contribution < 1.29 is 5.11 Å². The molecule has 2 fully saturated rings. The quantitative estimate of drug-likeness (QED) is 0.785. The van der Waals surface area contributed by atoms with E-state index in [0.29, 0.717) is 5.92 Å². The van der Waals surface area contributed by atoms with E-state index in [-0.39, 0.29) is 6.10 Å². The number of aliphatic hydroxyl groups excluding tert-OH is 1. The summed E-state index contributed by atoms with van der Waals surface area (Å²) in [6.07, 6.45) is 11.8. The zero-order valence-electron chi connectivity index (χ0n) is 13.9. The third-order valence-electron chi connectivity index (χ3n) is 5.90. The van der Waals surface area contributed by atoms with E-state index in [2.05, 4.69) is 25.8 Å². The SMILES string of the molecule is CC(C)C1CCC(O)C(CN(C)C2CCCCCC2)C1. The van der Waals surface area contributed by atoms with Crippen molar-refractivity contribution in [3.8, 4) is 0 Å². The lowest BCUT2D eigenvalue weighted by Crippen LogP contribution is -2.42. The summed E-state index contributed by atoms with van der Waals surface area (Å²) >= 11 is 0. The molecule has 0 heterocycles. The summed E-state index contributed by atoms with van der Waals surface area (Å²) in [7, 11) is 2.29. The summed E-state index contributed by atoms with van der Waals surface area (Å²) in [6.45, 7) is 5.79. The molecule has 0 aromatic carbocycles. The normalized spacial score (nSPS) is 33.6. The average Bonchev–Trinajstić information content (AvgIpc) is 2.70. The maximum absolute atomic E-state index is 10.3.